The third-order valence-electron chi connectivity index (χ3n) is 3.10. The SMILES string of the molecule is CCCOC(=O)c1cccc(NC(=O)c2cc(=O)[nH]c(CSC)n2)c1. The van der Waals surface area contributed by atoms with Gasteiger partial charge in [-0.1, -0.05) is 13.0 Å². The predicted molar refractivity (Wildman–Crippen MR) is 97.0 cm³/mol. The van der Waals surface area contributed by atoms with Crippen molar-refractivity contribution in [2.75, 3.05) is 18.2 Å². The van der Waals surface area contributed by atoms with E-state index in [0.29, 0.717) is 29.4 Å². The molecule has 0 aliphatic heterocycles. The van der Waals surface area contributed by atoms with Gasteiger partial charge in [-0.3, -0.25) is 9.59 Å². The number of rotatable bonds is 7. The van der Waals surface area contributed by atoms with Crippen LogP contribution in [-0.4, -0.2) is 34.7 Å². The van der Waals surface area contributed by atoms with Gasteiger partial charge < -0.3 is 15.0 Å². The number of ether oxygens (including phenoxy) is 1. The Hall–Kier alpha value is -2.61. The van der Waals surface area contributed by atoms with E-state index in [9.17, 15) is 14.4 Å². The van der Waals surface area contributed by atoms with Crippen LogP contribution in [0.25, 0.3) is 0 Å². The summed E-state index contributed by atoms with van der Waals surface area (Å²) >= 11 is 1.48. The van der Waals surface area contributed by atoms with Crippen molar-refractivity contribution >= 4 is 29.3 Å². The van der Waals surface area contributed by atoms with Crippen molar-refractivity contribution in [3.05, 3.63) is 57.8 Å². The van der Waals surface area contributed by atoms with Crippen molar-refractivity contribution in [3.63, 3.8) is 0 Å². The highest BCUT2D eigenvalue weighted by Crippen LogP contribution is 2.13. The smallest absolute Gasteiger partial charge is 0.338 e. The monoisotopic (exact) mass is 361 g/mol. The zero-order valence-electron chi connectivity index (χ0n) is 14.0. The molecule has 2 aromatic rings. The Morgan fingerprint density at radius 2 is 2.12 bits per heavy atom. The van der Waals surface area contributed by atoms with E-state index in [1.54, 1.807) is 18.2 Å². The molecule has 1 amide bonds. The number of esters is 1. The molecule has 0 saturated heterocycles. The van der Waals surface area contributed by atoms with E-state index in [2.05, 4.69) is 15.3 Å². The first-order valence-electron chi connectivity index (χ1n) is 7.71. The van der Waals surface area contributed by atoms with Crippen LogP contribution in [0.5, 0.6) is 0 Å². The maximum Gasteiger partial charge on any atom is 0.338 e. The van der Waals surface area contributed by atoms with E-state index >= 15 is 0 Å². The number of H-pyrrole nitrogens is 1. The Labute approximate surface area is 149 Å². The van der Waals surface area contributed by atoms with E-state index in [0.717, 1.165) is 12.5 Å². The average molecular weight is 361 g/mol. The lowest BCUT2D eigenvalue weighted by Gasteiger charge is -2.08. The summed E-state index contributed by atoms with van der Waals surface area (Å²) in [5, 5.41) is 2.64. The van der Waals surface area contributed by atoms with Gasteiger partial charge in [0.2, 0.25) is 0 Å². The summed E-state index contributed by atoms with van der Waals surface area (Å²) in [6.45, 7) is 2.24. The number of aromatic nitrogens is 2. The summed E-state index contributed by atoms with van der Waals surface area (Å²) in [5.74, 6) is -0.0428. The van der Waals surface area contributed by atoms with Crippen molar-refractivity contribution in [3.8, 4) is 0 Å². The van der Waals surface area contributed by atoms with Gasteiger partial charge in [0.15, 0.2) is 0 Å². The van der Waals surface area contributed by atoms with Gasteiger partial charge in [-0.25, -0.2) is 9.78 Å². The second-order valence-corrected chi connectivity index (χ2v) is 6.05. The molecule has 7 nitrogen and oxygen atoms in total. The second kappa shape index (κ2) is 9.03. The first kappa shape index (κ1) is 18.7. The average Bonchev–Trinajstić information content (AvgIpc) is 2.59. The molecule has 132 valence electrons. The van der Waals surface area contributed by atoms with Gasteiger partial charge in [0.1, 0.15) is 11.5 Å². The van der Waals surface area contributed by atoms with E-state index in [1.807, 2.05) is 13.2 Å². The first-order chi connectivity index (χ1) is 12.0. The predicted octanol–water partition coefficient (Wildman–Crippen LogP) is 2.45. The van der Waals surface area contributed by atoms with E-state index in [4.69, 9.17) is 4.74 Å². The third kappa shape index (κ3) is 5.46. The molecule has 8 heteroatoms. The van der Waals surface area contributed by atoms with Gasteiger partial charge in [-0.05, 0) is 30.9 Å². The maximum absolute atomic E-state index is 12.3. The summed E-state index contributed by atoms with van der Waals surface area (Å²) < 4.78 is 5.07. The van der Waals surface area contributed by atoms with Crippen LogP contribution in [0.4, 0.5) is 5.69 Å². The Morgan fingerprint density at radius 1 is 1.32 bits per heavy atom. The van der Waals surface area contributed by atoms with Crippen molar-refractivity contribution in [1.82, 2.24) is 9.97 Å². The van der Waals surface area contributed by atoms with Crippen LogP contribution in [-0.2, 0) is 10.5 Å². The van der Waals surface area contributed by atoms with E-state index < -0.39 is 11.9 Å². The van der Waals surface area contributed by atoms with Gasteiger partial charge in [0.25, 0.3) is 11.5 Å². The van der Waals surface area contributed by atoms with Crippen molar-refractivity contribution in [2.24, 2.45) is 0 Å². The molecule has 0 atom stereocenters. The lowest BCUT2D eigenvalue weighted by atomic mass is 10.2. The number of amides is 1. The highest BCUT2D eigenvalue weighted by atomic mass is 32.2. The van der Waals surface area contributed by atoms with Crippen LogP contribution >= 0.6 is 11.8 Å². The van der Waals surface area contributed by atoms with Crippen LogP contribution in [0, 0.1) is 0 Å². The molecule has 0 aliphatic rings. The van der Waals surface area contributed by atoms with E-state index in [1.165, 1.54) is 17.8 Å². The van der Waals surface area contributed by atoms with Crippen molar-refractivity contribution < 1.29 is 14.3 Å². The molecular weight excluding hydrogens is 342 g/mol. The largest absolute Gasteiger partial charge is 0.462 e. The number of thioether (sulfide) groups is 1. The molecule has 0 unspecified atom stereocenters. The molecular formula is C17H19N3O4S. The molecule has 0 saturated carbocycles. The Bertz CT molecular complexity index is 820. The molecule has 1 aromatic heterocycles. The summed E-state index contributed by atoms with van der Waals surface area (Å²) in [7, 11) is 0. The molecule has 1 aromatic carbocycles. The minimum atomic E-state index is -0.521. The van der Waals surface area contributed by atoms with Gasteiger partial charge in [0, 0.05) is 11.8 Å². The number of nitrogens with zero attached hydrogens (tertiary/aromatic N) is 1. The standard InChI is InChI=1S/C17H19N3O4S/c1-3-7-24-17(23)11-5-4-6-12(8-11)18-16(22)13-9-15(21)20-14(19-13)10-25-2/h4-6,8-9H,3,7,10H2,1-2H3,(H,18,22)(H,19,20,21). The fourth-order valence-electron chi connectivity index (χ4n) is 2.03. The molecule has 0 bridgehead atoms. The van der Waals surface area contributed by atoms with Gasteiger partial charge >= 0.3 is 5.97 Å². The molecule has 0 spiro atoms. The molecule has 2 rings (SSSR count). The van der Waals surface area contributed by atoms with Gasteiger partial charge in [-0.2, -0.15) is 11.8 Å². The lowest BCUT2D eigenvalue weighted by Crippen LogP contribution is -2.20. The molecule has 2 N–H and O–H groups in total. The first-order valence-corrected chi connectivity index (χ1v) is 9.10. The number of aromatic amines is 1. The summed E-state index contributed by atoms with van der Waals surface area (Å²) in [6.07, 6.45) is 2.60. The summed E-state index contributed by atoms with van der Waals surface area (Å²) in [5.41, 5.74) is 0.394. The maximum atomic E-state index is 12.3. The fraction of sp³-hybridized carbons (Fsp3) is 0.294. The minimum Gasteiger partial charge on any atom is -0.462 e. The molecule has 25 heavy (non-hydrogen) atoms. The number of hydrogen-bond donors (Lipinski definition) is 2. The number of benzene rings is 1. The van der Waals surface area contributed by atoms with Crippen molar-refractivity contribution in [1.29, 1.82) is 0 Å². The highest BCUT2D eigenvalue weighted by molar-refractivity contribution is 7.97. The second-order valence-electron chi connectivity index (χ2n) is 5.18. The van der Waals surface area contributed by atoms with Crippen LogP contribution in [0.2, 0.25) is 0 Å². The van der Waals surface area contributed by atoms with Crippen molar-refractivity contribution in [2.45, 2.75) is 19.1 Å². The fourth-order valence-corrected chi connectivity index (χ4v) is 2.44. The Morgan fingerprint density at radius 3 is 2.84 bits per heavy atom. The normalized spacial score (nSPS) is 10.3. The number of carbonyl (C=O) groups is 2. The van der Waals surface area contributed by atoms with E-state index in [-0.39, 0.29) is 11.3 Å². The minimum absolute atomic E-state index is 0.0202. The van der Waals surface area contributed by atoms with Crippen LogP contribution in [0.3, 0.4) is 0 Å². The zero-order chi connectivity index (χ0) is 18.2. The molecule has 1 heterocycles. The molecule has 0 fully saturated rings. The third-order valence-corrected chi connectivity index (χ3v) is 3.66. The van der Waals surface area contributed by atoms with Crippen LogP contribution in [0.1, 0.15) is 40.0 Å². The zero-order valence-corrected chi connectivity index (χ0v) is 14.8. The topological polar surface area (TPSA) is 101 Å². The summed E-state index contributed by atoms with van der Waals surface area (Å²) in [4.78, 5) is 42.6. The Balaban J connectivity index is 2.15. The van der Waals surface area contributed by atoms with Crippen LogP contribution in [0.15, 0.2) is 35.1 Å². The summed E-state index contributed by atoms with van der Waals surface area (Å²) in [6, 6.07) is 7.55. The van der Waals surface area contributed by atoms with Gasteiger partial charge in [0.05, 0.1) is 17.9 Å². The molecule has 0 radical (unpaired) electrons. The Kier molecular flexibility index (Phi) is 6.76. The van der Waals surface area contributed by atoms with Gasteiger partial charge in [-0.15, -0.1) is 0 Å². The number of nitrogens with one attached hydrogen (secondary N) is 2. The van der Waals surface area contributed by atoms with Crippen LogP contribution < -0.4 is 10.9 Å². The number of anilines is 1. The highest BCUT2D eigenvalue weighted by Gasteiger charge is 2.12. The lowest BCUT2D eigenvalue weighted by molar-refractivity contribution is 0.0505. The number of hydrogen-bond acceptors (Lipinski definition) is 6. The quantitative estimate of drug-likeness (QED) is 0.735. The molecule has 0 aliphatic carbocycles. The number of carbonyl (C=O) groups excluding carboxylic acids is 2.